The largest absolute Gasteiger partial charge is 0.306 e. The first-order chi connectivity index (χ1) is 6.31. The number of nitrogens with one attached hydrogen (secondary N) is 1. The lowest BCUT2D eigenvalue weighted by Gasteiger charge is -1.95. The van der Waals surface area contributed by atoms with E-state index in [2.05, 4.69) is 9.97 Å². The van der Waals surface area contributed by atoms with E-state index in [4.69, 9.17) is 0 Å². The van der Waals surface area contributed by atoms with Crippen molar-refractivity contribution >= 4 is 17.3 Å². The molecule has 0 aliphatic rings. The SMILES string of the molecule is O=[C]c1cc2cccnc2[nH]c1=O. The zero-order chi connectivity index (χ0) is 9.26. The molecule has 0 aliphatic carbocycles. The maximum atomic E-state index is 11.1. The molecule has 4 heteroatoms. The molecule has 4 nitrogen and oxygen atoms in total. The van der Waals surface area contributed by atoms with Crippen LogP contribution in [0, 0.1) is 0 Å². The Balaban J connectivity index is 2.89. The van der Waals surface area contributed by atoms with Gasteiger partial charge in [0.25, 0.3) is 5.56 Å². The molecule has 2 aromatic heterocycles. The molecule has 0 saturated heterocycles. The van der Waals surface area contributed by atoms with E-state index < -0.39 is 5.56 Å². The highest BCUT2D eigenvalue weighted by atomic mass is 16.1. The Bertz CT molecular complexity index is 516. The summed E-state index contributed by atoms with van der Waals surface area (Å²) in [6, 6.07) is 4.96. The van der Waals surface area contributed by atoms with Crippen LogP contribution in [-0.4, -0.2) is 16.3 Å². The molecule has 0 amide bonds. The zero-order valence-corrected chi connectivity index (χ0v) is 6.57. The third-order valence-corrected chi connectivity index (χ3v) is 1.73. The van der Waals surface area contributed by atoms with Crippen molar-refractivity contribution in [2.75, 3.05) is 0 Å². The number of nitrogens with zero attached hydrogens (tertiary/aromatic N) is 1. The average molecular weight is 173 g/mol. The Morgan fingerprint density at radius 3 is 3.08 bits per heavy atom. The quantitative estimate of drug-likeness (QED) is 0.678. The summed E-state index contributed by atoms with van der Waals surface area (Å²) in [6.45, 7) is 0. The molecule has 0 aromatic carbocycles. The van der Waals surface area contributed by atoms with Crippen LogP contribution in [-0.2, 0) is 4.79 Å². The van der Waals surface area contributed by atoms with Crippen molar-refractivity contribution < 1.29 is 4.79 Å². The summed E-state index contributed by atoms with van der Waals surface area (Å²) in [5.74, 6) is 0. The monoisotopic (exact) mass is 173 g/mol. The van der Waals surface area contributed by atoms with E-state index >= 15 is 0 Å². The molecule has 2 rings (SSSR count). The summed E-state index contributed by atoms with van der Waals surface area (Å²) >= 11 is 0. The molecule has 2 heterocycles. The first-order valence-electron chi connectivity index (χ1n) is 3.67. The summed E-state index contributed by atoms with van der Waals surface area (Å²) in [4.78, 5) is 27.8. The molecule has 0 fully saturated rings. The van der Waals surface area contributed by atoms with Crippen molar-refractivity contribution in [2.24, 2.45) is 0 Å². The van der Waals surface area contributed by atoms with E-state index in [9.17, 15) is 9.59 Å². The zero-order valence-electron chi connectivity index (χ0n) is 6.57. The highest BCUT2D eigenvalue weighted by Gasteiger charge is 2.01. The molecule has 1 N–H and O–H groups in total. The topological polar surface area (TPSA) is 62.8 Å². The second kappa shape index (κ2) is 2.82. The first-order valence-corrected chi connectivity index (χ1v) is 3.67. The van der Waals surface area contributed by atoms with Gasteiger partial charge in [-0.3, -0.25) is 9.59 Å². The summed E-state index contributed by atoms with van der Waals surface area (Å²) in [7, 11) is 0. The minimum Gasteiger partial charge on any atom is -0.306 e. The van der Waals surface area contributed by atoms with Crippen LogP contribution in [0.5, 0.6) is 0 Å². The molecule has 0 aliphatic heterocycles. The summed E-state index contributed by atoms with van der Waals surface area (Å²) in [6.07, 6.45) is 3.14. The number of hydrogen-bond donors (Lipinski definition) is 1. The van der Waals surface area contributed by atoms with Gasteiger partial charge in [-0.2, -0.15) is 0 Å². The van der Waals surface area contributed by atoms with E-state index in [1.54, 1.807) is 24.6 Å². The molecule has 63 valence electrons. The van der Waals surface area contributed by atoms with Crippen LogP contribution in [0.3, 0.4) is 0 Å². The van der Waals surface area contributed by atoms with Crippen LogP contribution in [0.25, 0.3) is 11.0 Å². The van der Waals surface area contributed by atoms with Gasteiger partial charge in [0, 0.05) is 11.6 Å². The van der Waals surface area contributed by atoms with E-state index in [1.165, 1.54) is 6.07 Å². The van der Waals surface area contributed by atoms with Gasteiger partial charge in [-0.05, 0) is 18.2 Å². The maximum Gasteiger partial charge on any atom is 0.260 e. The van der Waals surface area contributed by atoms with Crippen LogP contribution >= 0.6 is 0 Å². The number of aromatic nitrogens is 2. The predicted octanol–water partition coefficient (Wildman–Crippen LogP) is 0.381. The fourth-order valence-electron chi connectivity index (χ4n) is 1.11. The number of rotatable bonds is 1. The lowest BCUT2D eigenvalue weighted by atomic mass is 10.2. The second-order valence-corrected chi connectivity index (χ2v) is 2.56. The molecule has 0 unspecified atom stereocenters. The number of aromatic amines is 1. The first kappa shape index (κ1) is 7.67. The Labute approximate surface area is 73.2 Å². The van der Waals surface area contributed by atoms with Crippen LogP contribution in [0.1, 0.15) is 5.56 Å². The molecule has 0 bridgehead atoms. The van der Waals surface area contributed by atoms with Gasteiger partial charge in [0.05, 0.1) is 5.56 Å². The smallest absolute Gasteiger partial charge is 0.260 e. The van der Waals surface area contributed by atoms with E-state index in [0.717, 1.165) is 5.39 Å². The molecular weight excluding hydrogens is 168 g/mol. The fourth-order valence-corrected chi connectivity index (χ4v) is 1.11. The number of H-pyrrole nitrogens is 1. The van der Waals surface area contributed by atoms with Gasteiger partial charge in [0.2, 0.25) is 6.29 Å². The lowest BCUT2D eigenvalue weighted by molar-refractivity contribution is 0.562. The van der Waals surface area contributed by atoms with Crippen molar-refractivity contribution in [3.63, 3.8) is 0 Å². The summed E-state index contributed by atoms with van der Waals surface area (Å²) in [5, 5.41) is 0.723. The Morgan fingerprint density at radius 1 is 1.46 bits per heavy atom. The van der Waals surface area contributed by atoms with Gasteiger partial charge in [-0.1, -0.05) is 0 Å². The van der Waals surface area contributed by atoms with Gasteiger partial charge in [-0.15, -0.1) is 0 Å². The third-order valence-electron chi connectivity index (χ3n) is 1.73. The van der Waals surface area contributed by atoms with Crippen LogP contribution in [0.4, 0.5) is 0 Å². The van der Waals surface area contributed by atoms with Crippen molar-refractivity contribution in [3.05, 3.63) is 40.3 Å². The Morgan fingerprint density at radius 2 is 2.31 bits per heavy atom. The maximum absolute atomic E-state index is 11.1. The molecule has 0 spiro atoms. The molecule has 0 saturated carbocycles. The minimum absolute atomic E-state index is 0.000463. The van der Waals surface area contributed by atoms with Gasteiger partial charge < -0.3 is 4.98 Å². The highest BCUT2D eigenvalue weighted by molar-refractivity contribution is 5.83. The summed E-state index contributed by atoms with van der Waals surface area (Å²) < 4.78 is 0. The van der Waals surface area contributed by atoms with Crippen LogP contribution < -0.4 is 5.56 Å². The molecule has 0 atom stereocenters. The lowest BCUT2D eigenvalue weighted by Crippen LogP contribution is -2.11. The number of hydrogen-bond acceptors (Lipinski definition) is 3. The summed E-state index contributed by atoms with van der Waals surface area (Å²) in [5.41, 5.74) is 0.0215. The molecule has 13 heavy (non-hydrogen) atoms. The average Bonchev–Trinajstić information content (AvgIpc) is 2.17. The van der Waals surface area contributed by atoms with E-state index in [0.29, 0.717) is 5.65 Å². The predicted molar refractivity (Wildman–Crippen MR) is 47.2 cm³/mol. The van der Waals surface area contributed by atoms with E-state index in [1.807, 2.05) is 0 Å². The number of pyridine rings is 2. The van der Waals surface area contributed by atoms with Crippen molar-refractivity contribution in [2.45, 2.75) is 0 Å². The minimum atomic E-state index is -0.457. The van der Waals surface area contributed by atoms with Gasteiger partial charge in [-0.25, -0.2) is 4.98 Å². The normalized spacial score (nSPS) is 10.2. The molecule has 1 radical (unpaired) electrons. The Hall–Kier alpha value is -1.97. The van der Waals surface area contributed by atoms with Crippen molar-refractivity contribution in [1.29, 1.82) is 0 Å². The Kier molecular flexibility index (Phi) is 1.66. The molecule has 2 aromatic rings. The van der Waals surface area contributed by atoms with Crippen molar-refractivity contribution in [3.8, 4) is 0 Å². The van der Waals surface area contributed by atoms with Crippen LogP contribution in [0.15, 0.2) is 29.2 Å². The van der Waals surface area contributed by atoms with E-state index in [-0.39, 0.29) is 5.56 Å². The fraction of sp³-hybridized carbons (Fsp3) is 0. The third kappa shape index (κ3) is 1.22. The van der Waals surface area contributed by atoms with Crippen molar-refractivity contribution in [1.82, 2.24) is 9.97 Å². The van der Waals surface area contributed by atoms with Gasteiger partial charge >= 0.3 is 0 Å². The molecular formula is C9H5N2O2. The van der Waals surface area contributed by atoms with Gasteiger partial charge in [0.1, 0.15) is 5.65 Å². The highest BCUT2D eigenvalue weighted by Crippen LogP contribution is 2.05. The second-order valence-electron chi connectivity index (χ2n) is 2.56. The number of fused-ring (bicyclic) bond motifs is 1. The standard InChI is InChI=1S/C9H5N2O2/c12-5-7-4-6-2-1-3-10-8(6)11-9(7)13/h1-4H,(H,10,11,13). The number of carbonyl (C=O) groups excluding carboxylic acids is 1. The van der Waals surface area contributed by atoms with Crippen LogP contribution in [0.2, 0.25) is 0 Å². The van der Waals surface area contributed by atoms with Gasteiger partial charge in [0.15, 0.2) is 0 Å².